The number of carbonyl (C=O) groups excluding carboxylic acids is 2. The summed E-state index contributed by atoms with van der Waals surface area (Å²) in [6.07, 6.45) is 10.2. The zero-order chi connectivity index (χ0) is 30.7. The predicted octanol–water partition coefficient (Wildman–Crippen LogP) is 3.28. The van der Waals surface area contributed by atoms with Crippen LogP contribution < -0.4 is 15.8 Å². The van der Waals surface area contributed by atoms with Crippen molar-refractivity contribution >= 4 is 35.1 Å². The summed E-state index contributed by atoms with van der Waals surface area (Å²) in [4.78, 5) is 58.5. The number of hydrogen-bond donors (Lipinski definition) is 1. The van der Waals surface area contributed by atoms with E-state index in [2.05, 4.69) is 43.7 Å². The topological polar surface area (TPSA) is 142 Å². The molecule has 0 spiro atoms. The Morgan fingerprint density at radius 3 is 2.73 bits per heavy atom. The van der Waals surface area contributed by atoms with Crippen LogP contribution in [-0.4, -0.2) is 51.9 Å². The molecule has 7 rings (SSSR count). The van der Waals surface area contributed by atoms with Crippen LogP contribution in [0.15, 0.2) is 54.0 Å². The highest BCUT2D eigenvalue weighted by molar-refractivity contribution is 6.06. The first-order valence-corrected chi connectivity index (χ1v) is 14.4. The second-order valence-electron chi connectivity index (χ2n) is 12.0. The number of fused-ring (bicyclic) bond motifs is 4. The maximum Gasteiger partial charge on any atom is 0.302 e. The molecular weight excluding hydrogens is 562 g/mol. The molecule has 1 aliphatic heterocycles. The number of carbonyl (C=O) groups is 2. The lowest BCUT2D eigenvalue weighted by molar-refractivity contribution is -0.142. The minimum atomic E-state index is -0.472. The van der Waals surface area contributed by atoms with Gasteiger partial charge in [-0.05, 0) is 42.0 Å². The molecular formula is C31H31N9O4. The number of rotatable bonds is 6. The van der Waals surface area contributed by atoms with Gasteiger partial charge in [0.25, 0.3) is 11.5 Å². The highest BCUT2D eigenvalue weighted by Crippen LogP contribution is 2.40. The molecule has 0 fully saturated rings. The van der Waals surface area contributed by atoms with Crippen molar-refractivity contribution in [3.63, 3.8) is 0 Å². The van der Waals surface area contributed by atoms with Crippen molar-refractivity contribution in [2.24, 2.45) is 12.5 Å². The van der Waals surface area contributed by atoms with E-state index in [0.717, 1.165) is 12.8 Å². The Morgan fingerprint density at radius 1 is 1.07 bits per heavy atom. The van der Waals surface area contributed by atoms with Crippen molar-refractivity contribution in [1.82, 2.24) is 33.5 Å². The van der Waals surface area contributed by atoms with Crippen LogP contribution in [0.2, 0.25) is 0 Å². The van der Waals surface area contributed by atoms with E-state index >= 15 is 0 Å². The number of amides is 1. The molecule has 6 heterocycles. The molecule has 0 atom stereocenters. The molecule has 1 aliphatic carbocycles. The van der Waals surface area contributed by atoms with E-state index < -0.39 is 5.97 Å². The second kappa shape index (κ2) is 10.1. The van der Waals surface area contributed by atoms with Crippen LogP contribution in [-0.2, 0) is 42.6 Å². The number of nitrogens with zero attached hydrogens (tertiary/aromatic N) is 8. The number of aryl methyl sites for hydroxylation is 1. The van der Waals surface area contributed by atoms with Gasteiger partial charge in [0.1, 0.15) is 23.9 Å². The van der Waals surface area contributed by atoms with Crippen molar-refractivity contribution in [1.29, 1.82) is 0 Å². The normalized spacial score (nSPS) is 15.4. The summed E-state index contributed by atoms with van der Waals surface area (Å²) in [6.45, 7) is 6.73. The van der Waals surface area contributed by atoms with Gasteiger partial charge in [0.2, 0.25) is 5.78 Å². The van der Waals surface area contributed by atoms with Crippen LogP contribution in [0.5, 0.6) is 0 Å². The molecule has 44 heavy (non-hydrogen) atoms. The first kappa shape index (κ1) is 27.5. The molecule has 5 aromatic heterocycles. The fourth-order valence-electron chi connectivity index (χ4n) is 6.20. The third kappa shape index (κ3) is 4.70. The molecule has 13 nitrogen and oxygen atoms in total. The maximum absolute atomic E-state index is 13.9. The first-order chi connectivity index (χ1) is 21.1. The van der Waals surface area contributed by atoms with Crippen LogP contribution >= 0.6 is 0 Å². The Hall–Kier alpha value is -5.33. The molecule has 2 aliphatic rings. The molecule has 0 aromatic carbocycles. The molecule has 0 bridgehead atoms. The lowest BCUT2D eigenvalue weighted by Crippen LogP contribution is -2.41. The van der Waals surface area contributed by atoms with Gasteiger partial charge in [-0.3, -0.25) is 23.7 Å². The molecule has 0 unspecified atom stereocenters. The van der Waals surface area contributed by atoms with Crippen molar-refractivity contribution in [3.8, 4) is 11.3 Å². The molecule has 0 radical (unpaired) electrons. The second-order valence-corrected chi connectivity index (χ2v) is 12.0. The summed E-state index contributed by atoms with van der Waals surface area (Å²) in [5, 5.41) is 3.02. The van der Waals surface area contributed by atoms with Gasteiger partial charge >= 0.3 is 5.97 Å². The zero-order valence-corrected chi connectivity index (χ0v) is 24.9. The van der Waals surface area contributed by atoms with Gasteiger partial charge in [0, 0.05) is 74.9 Å². The van der Waals surface area contributed by atoms with Crippen molar-refractivity contribution in [3.05, 3.63) is 82.1 Å². The quantitative estimate of drug-likeness (QED) is 0.294. The van der Waals surface area contributed by atoms with Crippen molar-refractivity contribution < 1.29 is 14.3 Å². The van der Waals surface area contributed by atoms with E-state index in [4.69, 9.17) is 4.74 Å². The number of pyridine rings is 1. The SMILES string of the molecule is CC(=O)OCc1c(-c2cn(C)c(=O)c(Nc3ccn4ccnc4n3)n2)ccnc1N1CCn2c(cc3c2CC(C)(C)C3)C1=O. The fourth-order valence-corrected chi connectivity index (χ4v) is 6.20. The zero-order valence-electron chi connectivity index (χ0n) is 24.9. The summed E-state index contributed by atoms with van der Waals surface area (Å²) in [6, 6.07) is 5.46. The number of imidazole rings is 1. The molecule has 1 amide bonds. The number of nitrogens with one attached hydrogen (secondary N) is 1. The van der Waals surface area contributed by atoms with Gasteiger partial charge in [-0.2, -0.15) is 4.98 Å². The number of esters is 1. The predicted molar refractivity (Wildman–Crippen MR) is 162 cm³/mol. The molecule has 13 heteroatoms. The minimum absolute atomic E-state index is 0.0505. The van der Waals surface area contributed by atoms with Gasteiger partial charge < -0.3 is 19.2 Å². The molecule has 0 saturated heterocycles. The summed E-state index contributed by atoms with van der Waals surface area (Å²) >= 11 is 0. The largest absolute Gasteiger partial charge is 0.461 e. The van der Waals surface area contributed by atoms with Gasteiger partial charge in [-0.15, -0.1) is 0 Å². The Labute approximate surface area is 252 Å². The average Bonchev–Trinajstić information content (AvgIpc) is 3.66. The number of ether oxygens (including phenoxy) is 1. The number of aromatic nitrogens is 7. The highest BCUT2D eigenvalue weighted by Gasteiger charge is 2.37. The van der Waals surface area contributed by atoms with Gasteiger partial charge in [-0.1, -0.05) is 13.8 Å². The maximum atomic E-state index is 13.9. The lowest BCUT2D eigenvalue weighted by atomic mass is 9.90. The van der Waals surface area contributed by atoms with Crippen LogP contribution in [0, 0.1) is 5.41 Å². The Balaban J connectivity index is 1.28. The van der Waals surface area contributed by atoms with E-state index in [9.17, 15) is 14.4 Å². The van der Waals surface area contributed by atoms with E-state index in [-0.39, 0.29) is 29.3 Å². The summed E-state index contributed by atoms with van der Waals surface area (Å²) < 4.78 is 10.8. The number of hydrogen-bond acceptors (Lipinski definition) is 9. The van der Waals surface area contributed by atoms with E-state index in [1.54, 1.807) is 59.5 Å². The van der Waals surface area contributed by atoms with E-state index in [1.807, 2.05) is 6.07 Å². The van der Waals surface area contributed by atoms with Crippen LogP contribution in [0.1, 0.15) is 48.1 Å². The molecule has 1 N–H and O–H groups in total. The van der Waals surface area contributed by atoms with Crippen LogP contribution in [0.3, 0.4) is 0 Å². The van der Waals surface area contributed by atoms with E-state index in [1.165, 1.54) is 22.7 Å². The van der Waals surface area contributed by atoms with E-state index in [0.29, 0.717) is 53.0 Å². The standard InChI is InChI=1S/C31H31N9O4/c1-18(41)44-17-21-20(22-16-37(4)29(43)26(34-22)35-25-6-9-38-10-8-33-30(38)36-25)5-7-32-27(21)40-12-11-39-23(28(40)42)13-19-14-31(2,3)15-24(19)39/h5-10,13,16H,11-12,14-15,17H2,1-4H3,(H,33,34,35,36). The molecule has 5 aromatic rings. The van der Waals surface area contributed by atoms with Crippen LogP contribution in [0.4, 0.5) is 17.5 Å². The summed E-state index contributed by atoms with van der Waals surface area (Å²) in [5.74, 6) is 0.677. The lowest BCUT2D eigenvalue weighted by Gasteiger charge is -2.31. The number of anilines is 3. The summed E-state index contributed by atoms with van der Waals surface area (Å²) in [5.41, 5.74) is 4.42. The smallest absolute Gasteiger partial charge is 0.302 e. The molecule has 224 valence electrons. The Morgan fingerprint density at radius 2 is 1.91 bits per heavy atom. The minimum Gasteiger partial charge on any atom is -0.461 e. The third-order valence-corrected chi connectivity index (χ3v) is 8.19. The summed E-state index contributed by atoms with van der Waals surface area (Å²) in [7, 11) is 1.63. The fraction of sp³-hybridized carbons (Fsp3) is 0.323. The third-order valence-electron chi connectivity index (χ3n) is 8.19. The first-order valence-electron chi connectivity index (χ1n) is 14.4. The average molecular weight is 594 g/mol. The van der Waals surface area contributed by atoms with Crippen molar-refractivity contribution in [2.45, 2.75) is 46.8 Å². The van der Waals surface area contributed by atoms with Gasteiger partial charge in [-0.25, -0.2) is 15.0 Å². The molecule has 0 saturated carbocycles. The van der Waals surface area contributed by atoms with Gasteiger partial charge in [0.05, 0.1) is 5.69 Å². The van der Waals surface area contributed by atoms with Gasteiger partial charge in [0.15, 0.2) is 5.82 Å². The van der Waals surface area contributed by atoms with Crippen molar-refractivity contribution in [2.75, 3.05) is 16.8 Å². The highest BCUT2D eigenvalue weighted by atomic mass is 16.5. The Kier molecular flexibility index (Phi) is 6.34. The Bertz CT molecular complexity index is 2040. The monoisotopic (exact) mass is 593 g/mol. The van der Waals surface area contributed by atoms with Crippen LogP contribution in [0.25, 0.3) is 17.0 Å².